The average Bonchev–Trinajstić information content (AvgIpc) is 2.40. The van der Waals surface area contributed by atoms with Crippen molar-refractivity contribution in [1.82, 2.24) is 15.2 Å². The lowest BCUT2D eigenvalue weighted by Crippen LogP contribution is -2.33. The maximum Gasteiger partial charge on any atom is 0.223 e. The molecule has 1 aromatic heterocycles. The van der Waals surface area contributed by atoms with Gasteiger partial charge in [0.25, 0.3) is 0 Å². The summed E-state index contributed by atoms with van der Waals surface area (Å²) in [5, 5.41) is 3.21. The van der Waals surface area contributed by atoms with E-state index < -0.39 is 0 Å². The first kappa shape index (κ1) is 15.6. The molecule has 1 heterocycles. The molecule has 5 heteroatoms. The lowest BCUT2D eigenvalue weighted by atomic mass is 10.1. The van der Waals surface area contributed by atoms with Crippen LogP contribution in [0.4, 0.5) is 4.39 Å². The molecular weight excluding hydrogens is 245 g/mol. The number of hydrogen-bond donors (Lipinski definition) is 1. The van der Waals surface area contributed by atoms with Gasteiger partial charge in [-0.3, -0.25) is 9.78 Å². The molecule has 106 valence electrons. The fourth-order valence-corrected chi connectivity index (χ4v) is 1.91. The van der Waals surface area contributed by atoms with E-state index in [1.807, 2.05) is 20.8 Å². The lowest BCUT2D eigenvalue weighted by molar-refractivity contribution is -0.130. The summed E-state index contributed by atoms with van der Waals surface area (Å²) in [4.78, 5) is 17.4. The average molecular weight is 267 g/mol. The summed E-state index contributed by atoms with van der Waals surface area (Å²) in [6.45, 7) is 7.91. The van der Waals surface area contributed by atoms with Crippen LogP contribution < -0.4 is 5.32 Å². The zero-order valence-electron chi connectivity index (χ0n) is 11.8. The first-order chi connectivity index (χ1) is 9.08. The fourth-order valence-electron chi connectivity index (χ4n) is 1.91. The molecule has 0 radical (unpaired) electrons. The van der Waals surface area contributed by atoms with Crippen LogP contribution in [0.5, 0.6) is 0 Å². The molecular formula is C14H22FN3O. The second-order valence-corrected chi connectivity index (χ2v) is 4.43. The monoisotopic (exact) mass is 267 g/mol. The maximum atomic E-state index is 13.0. The van der Waals surface area contributed by atoms with Gasteiger partial charge in [-0.05, 0) is 32.4 Å². The molecule has 0 aliphatic rings. The standard InChI is InChI=1S/C14H22FN3O/c1-4-18(5-2)14(19)6-7-17-11(3)12-8-13(15)10-16-9-12/h8-11,17H,4-7H2,1-3H3. The second kappa shape index (κ2) is 7.84. The molecule has 1 aromatic rings. The summed E-state index contributed by atoms with van der Waals surface area (Å²) in [6, 6.07) is 1.43. The van der Waals surface area contributed by atoms with Crippen molar-refractivity contribution >= 4 is 5.91 Å². The normalized spacial score (nSPS) is 12.2. The van der Waals surface area contributed by atoms with Gasteiger partial charge in [0.2, 0.25) is 5.91 Å². The molecule has 0 saturated heterocycles. The van der Waals surface area contributed by atoms with Crippen molar-refractivity contribution < 1.29 is 9.18 Å². The summed E-state index contributed by atoms with van der Waals surface area (Å²) in [5.41, 5.74) is 0.787. The zero-order valence-corrected chi connectivity index (χ0v) is 11.8. The van der Waals surface area contributed by atoms with Crippen LogP contribution in [0.25, 0.3) is 0 Å². The number of carbonyl (C=O) groups excluding carboxylic acids is 1. The highest BCUT2D eigenvalue weighted by Gasteiger charge is 2.11. The van der Waals surface area contributed by atoms with Gasteiger partial charge in [0.15, 0.2) is 0 Å². The minimum atomic E-state index is -0.342. The Labute approximate surface area is 114 Å². The van der Waals surface area contributed by atoms with Crippen molar-refractivity contribution in [3.05, 3.63) is 29.8 Å². The van der Waals surface area contributed by atoms with Crippen molar-refractivity contribution in [2.45, 2.75) is 33.2 Å². The molecule has 0 bridgehead atoms. The lowest BCUT2D eigenvalue weighted by Gasteiger charge is -2.19. The number of amides is 1. The van der Waals surface area contributed by atoms with Crippen LogP contribution in [0.2, 0.25) is 0 Å². The van der Waals surface area contributed by atoms with E-state index in [-0.39, 0.29) is 17.8 Å². The van der Waals surface area contributed by atoms with Crippen molar-refractivity contribution in [2.24, 2.45) is 0 Å². The Kier molecular flexibility index (Phi) is 6.42. The number of carbonyl (C=O) groups is 1. The van der Waals surface area contributed by atoms with Crippen LogP contribution in [0.3, 0.4) is 0 Å². The molecule has 0 spiro atoms. The third-order valence-electron chi connectivity index (χ3n) is 3.13. The molecule has 1 amide bonds. The predicted octanol–water partition coefficient (Wildman–Crippen LogP) is 2.13. The van der Waals surface area contributed by atoms with Gasteiger partial charge in [-0.25, -0.2) is 4.39 Å². The Morgan fingerprint density at radius 2 is 2.11 bits per heavy atom. The number of rotatable bonds is 7. The largest absolute Gasteiger partial charge is 0.343 e. The third-order valence-corrected chi connectivity index (χ3v) is 3.13. The Morgan fingerprint density at radius 1 is 1.42 bits per heavy atom. The van der Waals surface area contributed by atoms with Gasteiger partial charge < -0.3 is 10.2 Å². The number of nitrogens with zero attached hydrogens (tertiary/aromatic N) is 2. The Morgan fingerprint density at radius 3 is 2.68 bits per heavy atom. The van der Waals surface area contributed by atoms with Gasteiger partial charge >= 0.3 is 0 Å². The first-order valence-corrected chi connectivity index (χ1v) is 6.70. The molecule has 0 fully saturated rings. The van der Waals surface area contributed by atoms with E-state index in [1.54, 1.807) is 11.1 Å². The summed E-state index contributed by atoms with van der Waals surface area (Å²) in [5.74, 6) is -0.201. The van der Waals surface area contributed by atoms with Crippen molar-refractivity contribution in [2.75, 3.05) is 19.6 Å². The van der Waals surface area contributed by atoms with E-state index in [0.29, 0.717) is 13.0 Å². The second-order valence-electron chi connectivity index (χ2n) is 4.43. The van der Waals surface area contributed by atoms with Crippen molar-refractivity contribution in [1.29, 1.82) is 0 Å². The molecule has 1 N–H and O–H groups in total. The van der Waals surface area contributed by atoms with E-state index in [1.165, 1.54) is 12.3 Å². The van der Waals surface area contributed by atoms with Crippen LogP contribution in [-0.4, -0.2) is 35.4 Å². The number of aromatic nitrogens is 1. The highest BCUT2D eigenvalue weighted by Crippen LogP contribution is 2.11. The van der Waals surface area contributed by atoms with Gasteiger partial charge in [-0.1, -0.05) is 0 Å². The number of halogens is 1. The minimum absolute atomic E-state index is 0.0206. The van der Waals surface area contributed by atoms with Crippen LogP contribution >= 0.6 is 0 Å². The van der Waals surface area contributed by atoms with Gasteiger partial charge in [-0.2, -0.15) is 0 Å². The number of hydrogen-bond acceptors (Lipinski definition) is 3. The molecule has 1 rings (SSSR count). The van der Waals surface area contributed by atoms with E-state index in [9.17, 15) is 9.18 Å². The molecule has 19 heavy (non-hydrogen) atoms. The quantitative estimate of drug-likeness (QED) is 0.823. The van der Waals surface area contributed by atoms with E-state index in [2.05, 4.69) is 10.3 Å². The summed E-state index contributed by atoms with van der Waals surface area (Å²) < 4.78 is 13.0. The van der Waals surface area contributed by atoms with Crippen LogP contribution in [0, 0.1) is 5.82 Å². The van der Waals surface area contributed by atoms with Gasteiger partial charge in [-0.15, -0.1) is 0 Å². The van der Waals surface area contributed by atoms with Crippen LogP contribution in [0.1, 0.15) is 38.8 Å². The summed E-state index contributed by atoms with van der Waals surface area (Å²) in [7, 11) is 0. The van der Waals surface area contributed by atoms with E-state index in [4.69, 9.17) is 0 Å². The fraction of sp³-hybridized carbons (Fsp3) is 0.571. The highest BCUT2D eigenvalue weighted by molar-refractivity contribution is 5.76. The van der Waals surface area contributed by atoms with Crippen LogP contribution in [-0.2, 0) is 4.79 Å². The molecule has 4 nitrogen and oxygen atoms in total. The molecule has 0 saturated carbocycles. The van der Waals surface area contributed by atoms with Gasteiger partial charge in [0.1, 0.15) is 5.82 Å². The SMILES string of the molecule is CCN(CC)C(=O)CCNC(C)c1cncc(F)c1. The smallest absolute Gasteiger partial charge is 0.223 e. The Hall–Kier alpha value is -1.49. The summed E-state index contributed by atoms with van der Waals surface area (Å²) in [6.07, 6.45) is 3.27. The molecule has 0 aliphatic carbocycles. The summed E-state index contributed by atoms with van der Waals surface area (Å²) >= 11 is 0. The molecule has 1 unspecified atom stereocenters. The maximum absolute atomic E-state index is 13.0. The number of nitrogens with one attached hydrogen (secondary N) is 1. The Bertz CT molecular complexity index is 407. The van der Waals surface area contributed by atoms with Gasteiger partial charge in [0, 0.05) is 38.3 Å². The third kappa shape index (κ3) is 4.95. The minimum Gasteiger partial charge on any atom is -0.343 e. The van der Waals surface area contributed by atoms with Gasteiger partial charge in [0.05, 0.1) is 6.20 Å². The zero-order chi connectivity index (χ0) is 14.3. The van der Waals surface area contributed by atoms with E-state index >= 15 is 0 Å². The predicted molar refractivity (Wildman–Crippen MR) is 73.2 cm³/mol. The Balaban J connectivity index is 2.39. The number of pyridine rings is 1. The topological polar surface area (TPSA) is 45.2 Å². The van der Waals surface area contributed by atoms with Crippen molar-refractivity contribution in [3.8, 4) is 0 Å². The highest BCUT2D eigenvalue weighted by atomic mass is 19.1. The molecule has 0 aromatic carbocycles. The van der Waals surface area contributed by atoms with Crippen molar-refractivity contribution in [3.63, 3.8) is 0 Å². The molecule has 1 atom stereocenters. The molecule has 0 aliphatic heterocycles. The van der Waals surface area contributed by atoms with E-state index in [0.717, 1.165) is 18.7 Å². The first-order valence-electron chi connectivity index (χ1n) is 6.70. The van der Waals surface area contributed by atoms with Crippen LogP contribution in [0.15, 0.2) is 18.5 Å².